The Balaban J connectivity index is 1.91. The Labute approximate surface area is 145 Å². The topological polar surface area (TPSA) is 35.5 Å². The summed E-state index contributed by atoms with van der Waals surface area (Å²) < 4.78 is 35.8. The standard InChI is InChI=1S/C20H20F2O3/c1-20(2,3)25-17(23)11-12-8-9-15-16(10-12)13-6-4-5-7-14(13)18(15)24-19(21)22/h4-10,18-19H,11H2,1-3H3. The largest absolute Gasteiger partial charge is 0.460 e. The molecule has 0 spiro atoms. The molecule has 0 radical (unpaired) electrons. The van der Waals surface area contributed by atoms with E-state index in [0.717, 1.165) is 16.7 Å². The molecular weight excluding hydrogens is 326 g/mol. The third-order valence-electron chi connectivity index (χ3n) is 3.94. The zero-order valence-electron chi connectivity index (χ0n) is 14.4. The fourth-order valence-electron chi connectivity index (χ4n) is 3.11. The molecule has 0 aliphatic heterocycles. The van der Waals surface area contributed by atoms with Crippen LogP contribution in [0.15, 0.2) is 42.5 Å². The quantitative estimate of drug-likeness (QED) is 0.740. The Bertz CT molecular complexity index is 794. The third kappa shape index (κ3) is 3.87. The maximum absolute atomic E-state index is 12.8. The molecule has 0 fully saturated rings. The first-order valence-corrected chi connectivity index (χ1v) is 8.12. The van der Waals surface area contributed by atoms with Crippen molar-refractivity contribution in [1.82, 2.24) is 0 Å². The number of alkyl halides is 2. The average Bonchev–Trinajstić information content (AvgIpc) is 2.79. The Kier molecular flexibility index (Phi) is 4.60. The fourth-order valence-corrected chi connectivity index (χ4v) is 3.11. The van der Waals surface area contributed by atoms with E-state index in [1.807, 2.05) is 39.0 Å². The molecule has 1 unspecified atom stereocenters. The summed E-state index contributed by atoms with van der Waals surface area (Å²) in [6, 6.07) is 12.7. The minimum absolute atomic E-state index is 0.132. The number of esters is 1. The summed E-state index contributed by atoms with van der Waals surface area (Å²) in [5.74, 6) is -0.320. The summed E-state index contributed by atoms with van der Waals surface area (Å²) in [5.41, 5.74) is 3.31. The Morgan fingerprint density at radius 1 is 1.08 bits per heavy atom. The lowest BCUT2D eigenvalue weighted by atomic mass is 10.0. The van der Waals surface area contributed by atoms with E-state index in [0.29, 0.717) is 11.1 Å². The number of fused-ring (bicyclic) bond motifs is 3. The summed E-state index contributed by atoms with van der Waals surface area (Å²) in [7, 11) is 0. The number of benzene rings is 2. The highest BCUT2D eigenvalue weighted by Crippen LogP contribution is 2.46. The van der Waals surface area contributed by atoms with Crippen molar-refractivity contribution in [2.75, 3.05) is 0 Å². The molecule has 2 aromatic carbocycles. The van der Waals surface area contributed by atoms with Crippen LogP contribution >= 0.6 is 0 Å². The van der Waals surface area contributed by atoms with Crippen molar-refractivity contribution in [1.29, 1.82) is 0 Å². The molecule has 0 saturated carbocycles. The molecular formula is C20H20F2O3. The van der Waals surface area contributed by atoms with Crippen molar-refractivity contribution in [3.05, 3.63) is 59.2 Å². The van der Waals surface area contributed by atoms with Gasteiger partial charge in [-0.1, -0.05) is 42.5 Å². The van der Waals surface area contributed by atoms with Gasteiger partial charge in [-0.15, -0.1) is 0 Å². The van der Waals surface area contributed by atoms with Crippen molar-refractivity contribution in [2.45, 2.75) is 45.5 Å². The molecule has 132 valence electrons. The van der Waals surface area contributed by atoms with E-state index in [1.54, 1.807) is 24.3 Å². The van der Waals surface area contributed by atoms with E-state index in [2.05, 4.69) is 0 Å². The summed E-state index contributed by atoms with van der Waals surface area (Å²) in [6.45, 7) is 2.59. The average molecular weight is 346 g/mol. The molecule has 0 amide bonds. The molecule has 2 aromatic rings. The number of halogens is 2. The van der Waals surface area contributed by atoms with Crippen molar-refractivity contribution in [2.24, 2.45) is 0 Å². The number of ether oxygens (including phenoxy) is 2. The normalized spacial score (nSPS) is 15.8. The molecule has 0 N–H and O–H groups in total. The second-order valence-corrected chi connectivity index (χ2v) is 7.05. The highest BCUT2D eigenvalue weighted by atomic mass is 19.3. The molecule has 5 heteroatoms. The van der Waals surface area contributed by atoms with Crippen molar-refractivity contribution < 1.29 is 23.0 Å². The molecule has 3 rings (SSSR count). The Morgan fingerprint density at radius 3 is 2.44 bits per heavy atom. The van der Waals surface area contributed by atoms with Crippen LogP contribution in [0.1, 0.15) is 43.6 Å². The van der Waals surface area contributed by atoms with Gasteiger partial charge in [0.05, 0.1) is 6.42 Å². The summed E-state index contributed by atoms with van der Waals surface area (Å²) in [4.78, 5) is 12.0. The van der Waals surface area contributed by atoms with Crippen LogP contribution in [0.3, 0.4) is 0 Å². The lowest BCUT2D eigenvalue weighted by Crippen LogP contribution is -2.24. The second-order valence-electron chi connectivity index (χ2n) is 7.05. The summed E-state index contributed by atoms with van der Waals surface area (Å²) in [6.07, 6.45) is -0.658. The highest BCUT2D eigenvalue weighted by Gasteiger charge is 2.31. The first-order chi connectivity index (χ1) is 11.7. The van der Waals surface area contributed by atoms with Gasteiger partial charge in [0, 0.05) is 0 Å². The van der Waals surface area contributed by atoms with E-state index in [-0.39, 0.29) is 12.4 Å². The SMILES string of the molecule is CC(C)(C)OC(=O)Cc1ccc2c(c1)-c1ccccc1C2OC(F)F. The van der Waals surface area contributed by atoms with Gasteiger partial charge in [-0.2, -0.15) is 8.78 Å². The summed E-state index contributed by atoms with van der Waals surface area (Å²) in [5, 5.41) is 0. The lowest BCUT2D eigenvalue weighted by molar-refractivity contribution is -0.154. The van der Waals surface area contributed by atoms with Crippen molar-refractivity contribution >= 4 is 5.97 Å². The van der Waals surface area contributed by atoms with Crippen LogP contribution in [0, 0.1) is 0 Å². The molecule has 3 nitrogen and oxygen atoms in total. The fraction of sp³-hybridized carbons (Fsp3) is 0.350. The van der Waals surface area contributed by atoms with E-state index < -0.39 is 18.3 Å². The van der Waals surface area contributed by atoms with Crippen LogP contribution in [0.2, 0.25) is 0 Å². The Hall–Kier alpha value is -2.27. The molecule has 1 atom stereocenters. The second kappa shape index (κ2) is 6.56. The predicted octanol–water partition coefficient (Wildman–Crippen LogP) is 4.88. The van der Waals surface area contributed by atoms with Gasteiger partial charge in [-0.25, -0.2) is 0 Å². The van der Waals surface area contributed by atoms with Gasteiger partial charge in [0.1, 0.15) is 11.7 Å². The lowest BCUT2D eigenvalue weighted by Gasteiger charge is -2.19. The predicted molar refractivity (Wildman–Crippen MR) is 90.4 cm³/mol. The van der Waals surface area contributed by atoms with Crippen LogP contribution in [0.4, 0.5) is 8.78 Å². The molecule has 0 saturated heterocycles. The third-order valence-corrected chi connectivity index (χ3v) is 3.94. The molecule has 1 aliphatic rings. The minimum atomic E-state index is -2.86. The van der Waals surface area contributed by atoms with Gasteiger partial charge in [-0.05, 0) is 48.6 Å². The molecule has 25 heavy (non-hydrogen) atoms. The van der Waals surface area contributed by atoms with E-state index in [9.17, 15) is 13.6 Å². The molecule has 0 bridgehead atoms. The smallest absolute Gasteiger partial charge is 0.346 e. The van der Waals surface area contributed by atoms with Crippen molar-refractivity contribution in [3.63, 3.8) is 0 Å². The molecule has 0 heterocycles. The minimum Gasteiger partial charge on any atom is -0.460 e. The number of hydrogen-bond donors (Lipinski definition) is 0. The maximum atomic E-state index is 12.8. The number of rotatable bonds is 4. The number of carbonyl (C=O) groups excluding carboxylic acids is 1. The van der Waals surface area contributed by atoms with Gasteiger partial charge in [0.2, 0.25) is 0 Å². The number of hydrogen-bond acceptors (Lipinski definition) is 3. The van der Waals surface area contributed by atoms with Crippen LogP contribution in [-0.2, 0) is 20.7 Å². The van der Waals surface area contributed by atoms with Crippen LogP contribution in [-0.4, -0.2) is 18.2 Å². The van der Waals surface area contributed by atoms with Crippen LogP contribution in [0.5, 0.6) is 0 Å². The zero-order valence-corrected chi connectivity index (χ0v) is 14.4. The van der Waals surface area contributed by atoms with Gasteiger partial charge in [0.15, 0.2) is 0 Å². The highest BCUT2D eigenvalue weighted by molar-refractivity contribution is 5.80. The first-order valence-electron chi connectivity index (χ1n) is 8.12. The molecule has 1 aliphatic carbocycles. The van der Waals surface area contributed by atoms with E-state index in [4.69, 9.17) is 9.47 Å². The monoisotopic (exact) mass is 346 g/mol. The van der Waals surface area contributed by atoms with Gasteiger partial charge in [-0.3, -0.25) is 4.79 Å². The van der Waals surface area contributed by atoms with Gasteiger partial charge in [0.25, 0.3) is 0 Å². The Morgan fingerprint density at radius 2 is 1.76 bits per heavy atom. The van der Waals surface area contributed by atoms with Gasteiger partial charge < -0.3 is 9.47 Å². The maximum Gasteiger partial charge on any atom is 0.346 e. The van der Waals surface area contributed by atoms with Crippen LogP contribution < -0.4 is 0 Å². The van der Waals surface area contributed by atoms with E-state index in [1.165, 1.54) is 0 Å². The number of carbonyl (C=O) groups is 1. The van der Waals surface area contributed by atoms with Crippen LogP contribution in [0.25, 0.3) is 11.1 Å². The molecule has 0 aromatic heterocycles. The van der Waals surface area contributed by atoms with Crippen molar-refractivity contribution in [3.8, 4) is 11.1 Å². The summed E-state index contributed by atoms with van der Waals surface area (Å²) >= 11 is 0. The van der Waals surface area contributed by atoms with Gasteiger partial charge >= 0.3 is 12.6 Å². The van der Waals surface area contributed by atoms with E-state index >= 15 is 0 Å². The zero-order chi connectivity index (χ0) is 18.2. The first kappa shape index (κ1) is 17.5.